The van der Waals surface area contributed by atoms with E-state index in [1.807, 2.05) is 42.6 Å². The number of nitrogens with zero attached hydrogens (tertiary/aromatic N) is 3. The van der Waals surface area contributed by atoms with Crippen LogP contribution in [0.5, 0.6) is 0 Å². The third-order valence-corrected chi connectivity index (χ3v) is 6.07. The number of halogens is 2. The Morgan fingerprint density at radius 2 is 1.90 bits per heavy atom. The van der Waals surface area contributed by atoms with E-state index in [4.69, 9.17) is 23.2 Å². The Bertz CT molecular complexity index is 1040. The molecule has 5 nitrogen and oxygen atoms in total. The summed E-state index contributed by atoms with van der Waals surface area (Å²) in [6.45, 7) is 1.66. The van der Waals surface area contributed by atoms with Crippen molar-refractivity contribution in [2.45, 2.75) is 18.9 Å². The smallest absolute Gasteiger partial charge is 0.332 e. The van der Waals surface area contributed by atoms with Crippen LogP contribution < -0.4 is 14.5 Å². The minimum Gasteiger partial charge on any atom is -0.371 e. The largest absolute Gasteiger partial charge is 0.371 e. The summed E-state index contributed by atoms with van der Waals surface area (Å²) in [5, 5.41) is 5.28. The topological polar surface area (TPSA) is 48.5 Å². The van der Waals surface area contributed by atoms with Crippen LogP contribution in [0.2, 0.25) is 10.0 Å². The number of fused-ring (bicyclic) bond motifs is 1. The number of hydrogen-bond donors (Lipinski definition) is 2. The van der Waals surface area contributed by atoms with Crippen LogP contribution in [0.15, 0.2) is 54.7 Å². The molecule has 8 heteroatoms. The van der Waals surface area contributed by atoms with Crippen molar-refractivity contribution in [2.75, 3.05) is 22.3 Å². The van der Waals surface area contributed by atoms with Crippen LogP contribution in [0.4, 0.5) is 16.2 Å². The highest BCUT2D eigenvalue weighted by Crippen LogP contribution is 2.30. The summed E-state index contributed by atoms with van der Waals surface area (Å²) in [6.07, 6.45) is 3.49. The second kappa shape index (κ2) is 8.69. The first-order valence-electron chi connectivity index (χ1n) is 9.36. The Kier molecular flexibility index (Phi) is 6.04. The lowest BCUT2D eigenvalue weighted by atomic mass is 10.0. The van der Waals surface area contributed by atoms with E-state index in [1.165, 1.54) is 4.31 Å². The van der Waals surface area contributed by atoms with Crippen LogP contribution in [-0.4, -0.2) is 30.1 Å². The molecule has 4 rings (SSSR count). The summed E-state index contributed by atoms with van der Waals surface area (Å²) in [5.41, 5.74) is 2.61. The van der Waals surface area contributed by atoms with E-state index in [0.717, 1.165) is 42.5 Å². The van der Waals surface area contributed by atoms with Gasteiger partial charge < -0.3 is 10.2 Å². The predicted octanol–water partition coefficient (Wildman–Crippen LogP) is 5.57. The summed E-state index contributed by atoms with van der Waals surface area (Å²) >= 11 is 16.7. The highest BCUT2D eigenvalue weighted by atomic mass is 35.5. The molecule has 0 atom stereocenters. The molecule has 29 heavy (non-hydrogen) atoms. The Labute approximate surface area is 185 Å². The van der Waals surface area contributed by atoms with Crippen molar-refractivity contribution in [3.8, 4) is 0 Å². The highest BCUT2D eigenvalue weighted by Gasteiger charge is 2.24. The number of anilines is 2. The number of carbonyl (C=O) groups excluding carboxylic acids is 1. The number of piperidine rings is 1. The monoisotopic (exact) mass is 446 g/mol. The number of amides is 2. The van der Waals surface area contributed by atoms with Gasteiger partial charge in [-0.3, -0.25) is 4.98 Å². The van der Waals surface area contributed by atoms with Gasteiger partial charge in [-0.25, -0.2) is 9.10 Å². The zero-order valence-corrected chi connectivity index (χ0v) is 18.0. The lowest BCUT2D eigenvalue weighted by Crippen LogP contribution is -2.47. The molecule has 0 unspecified atom stereocenters. The number of thiol groups is 1. The van der Waals surface area contributed by atoms with E-state index in [9.17, 15) is 4.79 Å². The SMILES string of the molecule is O=C(NC1CCN(c2ccnc3ccc(Cl)cc23)CC1)N(S)c1ccccc1Cl. The molecule has 2 aromatic carbocycles. The van der Waals surface area contributed by atoms with E-state index in [2.05, 4.69) is 28.0 Å². The van der Waals surface area contributed by atoms with E-state index >= 15 is 0 Å². The van der Waals surface area contributed by atoms with Crippen LogP contribution >= 0.6 is 36.0 Å². The third kappa shape index (κ3) is 4.39. The van der Waals surface area contributed by atoms with Gasteiger partial charge in [-0.2, -0.15) is 0 Å². The molecular formula is C21H20Cl2N4OS. The maximum absolute atomic E-state index is 12.6. The lowest BCUT2D eigenvalue weighted by Gasteiger charge is -2.35. The van der Waals surface area contributed by atoms with E-state index < -0.39 is 0 Å². The number of hydrogen-bond acceptors (Lipinski definition) is 4. The van der Waals surface area contributed by atoms with Crippen molar-refractivity contribution in [1.82, 2.24) is 10.3 Å². The number of para-hydroxylation sites is 1. The molecule has 0 bridgehead atoms. The summed E-state index contributed by atoms with van der Waals surface area (Å²) in [7, 11) is 0. The van der Waals surface area contributed by atoms with Gasteiger partial charge in [0.2, 0.25) is 0 Å². The van der Waals surface area contributed by atoms with Crippen molar-refractivity contribution in [3.63, 3.8) is 0 Å². The molecule has 0 saturated carbocycles. The number of pyridine rings is 1. The van der Waals surface area contributed by atoms with E-state index in [-0.39, 0.29) is 12.1 Å². The predicted molar refractivity (Wildman–Crippen MR) is 123 cm³/mol. The fourth-order valence-electron chi connectivity index (χ4n) is 3.61. The maximum atomic E-state index is 12.6. The molecule has 1 aromatic heterocycles. The summed E-state index contributed by atoms with van der Waals surface area (Å²) in [6, 6.07) is 14.7. The van der Waals surface area contributed by atoms with Gasteiger partial charge in [0.05, 0.1) is 16.2 Å². The van der Waals surface area contributed by atoms with Gasteiger partial charge in [-0.15, -0.1) is 0 Å². The molecular weight excluding hydrogens is 427 g/mol. The summed E-state index contributed by atoms with van der Waals surface area (Å²) in [5.74, 6) is 0. The van der Waals surface area contributed by atoms with E-state index in [1.54, 1.807) is 12.1 Å². The van der Waals surface area contributed by atoms with Gasteiger partial charge in [0.1, 0.15) is 0 Å². The molecule has 0 spiro atoms. The first-order valence-corrected chi connectivity index (χ1v) is 10.5. The van der Waals surface area contributed by atoms with Crippen LogP contribution in [0.1, 0.15) is 12.8 Å². The second-order valence-electron chi connectivity index (χ2n) is 6.97. The van der Waals surface area contributed by atoms with Crippen molar-refractivity contribution < 1.29 is 4.79 Å². The van der Waals surface area contributed by atoms with Crippen LogP contribution in [0.3, 0.4) is 0 Å². The number of aromatic nitrogens is 1. The van der Waals surface area contributed by atoms with Gasteiger partial charge in [0.15, 0.2) is 0 Å². The molecule has 1 saturated heterocycles. The Hall–Kier alpha value is -2.15. The van der Waals surface area contributed by atoms with Crippen molar-refractivity contribution in [3.05, 3.63) is 64.8 Å². The normalized spacial score (nSPS) is 14.8. The quantitative estimate of drug-likeness (QED) is 0.516. The molecule has 0 aliphatic carbocycles. The lowest BCUT2D eigenvalue weighted by molar-refractivity contribution is 0.243. The van der Waals surface area contributed by atoms with Crippen molar-refractivity contribution >= 4 is 64.3 Å². The van der Waals surface area contributed by atoms with Crippen molar-refractivity contribution in [2.24, 2.45) is 0 Å². The summed E-state index contributed by atoms with van der Waals surface area (Å²) < 4.78 is 1.26. The van der Waals surface area contributed by atoms with Crippen LogP contribution in [0.25, 0.3) is 10.9 Å². The van der Waals surface area contributed by atoms with Crippen LogP contribution in [0, 0.1) is 0 Å². The fourth-order valence-corrected chi connectivity index (χ4v) is 4.30. The Morgan fingerprint density at radius 3 is 2.66 bits per heavy atom. The van der Waals surface area contributed by atoms with Gasteiger partial charge in [0, 0.05) is 41.4 Å². The molecule has 2 amide bonds. The minimum absolute atomic E-state index is 0.0765. The highest BCUT2D eigenvalue weighted by molar-refractivity contribution is 7.82. The molecule has 150 valence electrons. The Morgan fingerprint density at radius 1 is 1.14 bits per heavy atom. The first-order chi connectivity index (χ1) is 14.0. The molecule has 0 radical (unpaired) electrons. The zero-order chi connectivity index (χ0) is 20.4. The second-order valence-corrected chi connectivity index (χ2v) is 8.21. The average molecular weight is 447 g/mol. The number of rotatable bonds is 3. The van der Waals surface area contributed by atoms with Gasteiger partial charge in [0.25, 0.3) is 0 Å². The van der Waals surface area contributed by atoms with Gasteiger partial charge in [-0.05, 0) is 49.2 Å². The first kappa shape index (κ1) is 20.1. The number of nitrogens with one attached hydrogen (secondary N) is 1. The van der Waals surface area contributed by atoms with Crippen LogP contribution in [-0.2, 0) is 0 Å². The van der Waals surface area contributed by atoms with Gasteiger partial charge >= 0.3 is 6.03 Å². The third-order valence-electron chi connectivity index (χ3n) is 5.12. The minimum atomic E-state index is -0.277. The molecule has 1 fully saturated rings. The number of urea groups is 1. The van der Waals surface area contributed by atoms with E-state index in [0.29, 0.717) is 15.7 Å². The maximum Gasteiger partial charge on any atom is 0.332 e. The molecule has 1 aliphatic rings. The Balaban J connectivity index is 1.41. The average Bonchev–Trinajstić information content (AvgIpc) is 2.74. The molecule has 1 aliphatic heterocycles. The number of carbonyl (C=O) groups is 1. The molecule has 3 aromatic rings. The standard InChI is InChI=1S/C21H20Cl2N4OS/c22-14-5-6-18-16(13-14)19(7-10-24-18)26-11-8-15(9-12-26)25-21(28)27(29)20-4-2-1-3-17(20)23/h1-7,10,13,15,29H,8-9,11-12H2,(H,25,28). The van der Waals surface area contributed by atoms with Crippen molar-refractivity contribution in [1.29, 1.82) is 0 Å². The molecule has 2 heterocycles. The summed E-state index contributed by atoms with van der Waals surface area (Å²) in [4.78, 5) is 19.3. The molecule has 1 N–H and O–H groups in total. The number of benzene rings is 2. The van der Waals surface area contributed by atoms with Gasteiger partial charge in [-0.1, -0.05) is 48.1 Å². The fraction of sp³-hybridized carbons (Fsp3) is 0.238. The zero-order valence-electron chi connectivity index (χ0n) is 15.6.